The van der Waals surface area contributed by atoms with Crippen LogP contribution in [0.25, 0.3) is 0 Å². The number of hydrogen-bond acceptors (Lipinski definition) is 6. The number of ether oxygens (including phenoxy) is 2. The number of quaternary nitrogens is 1. The maximum atomic E-state index is 12.3. The van der Waals surface area contributed by atoms with Gasteiger partial charge in [0, 0.05) is 5.92 Å². The molecule has 1 atom stereocenters. The van der Waals surface area contributed by atoms with Crippen molar-refractivity contribution >= 4 is 18.0 Å². The Kier molecular flexibility index (Phi) is 6.36. The molecule has 0 amide bonds. The molecule has 0 saturated heterocycles. The molecule has 2 aliphatic heterocycles. The third kappa shape index (κ3) is 5.03. The van der Waals surface area contributed by atoms with Gasteiger partial charge in [0.2, 0.25) is 5.70 Å². The molecule has 1 aliphatic carbocycles. The highest BCUT2D eigenvalue weighted by Crippen LogP contribution is 2.43. The molecule has 2 heterocycles. The van der Waals surface area contributed by atoms with Crippen molar-refractivity contribution in [3.63, 3.8) is 0 Å². The molecule has 3 aliphatic rings. The molecule has 0 bridgehead atoms. The van der Waals surface area contributed by atoms with Crippen molar-refractivity contribution in [2.75, 3.05) is 0 Å². The van der Waals surface area contributed by atoms with Gasteiger partial charge in [0.15, 0.2) is 0 Å². The summed E-state index contributed by atoms with van der Waals surface area (Å²) in [5.41, 5.74) is 3.68. The predicted octanol–water partition coefficient (Wildman–Crippen LogP) is 5.24. The fraction of sp³-hybridized carbons (Fsp3) is 0.345. The highest BCUT2D eigenvalue weighted by Gasteiger charge is 2.48. The van der Waals surface area contributed by atoms with Crippen molar-refractivity contribution in [2.45, 2.75) is 52.7 Å². The standard InChI is InChI=1S/C29H33N4O3/c1-29(2,3)17-26(34)36-24-15-22(16-24)27-25-18-31-12-13-33(25,30)28(32-27)21-10-7-11-23(14-21)35-19-20-8-5-4-6-9-20/h4-14,18,22,24H,15-17,19,30H2,1-3H3/q+1. The van der Waals surface area contributed by atoms with Gasteiger partial charge in [0.05, 0.1) is 24.4 Å². The van der Waals surface area contributed by atoms with Gasteiger partial charge in [-0.3, -0.25) is 9.79 Å². The van der Waals surface area contributed by atoms with Crippen LogP contribution in [0.2, 0.25) is 0 Å². The molecule has 0 spiro atoms. The first-order valence-electron chi connectivity index (χ1n) is 12.4. The molecule has 2 aromatic carbocycles. The first-order chi connectivity index (χ1) is 17.2. The Balaban J connectivity index is 1.32. The van der Waals surface area contributed by atoms with Crippen LogP contribution in [0.3, 0.4) is 0 Å². The summed E-state index contributed by atoms with van der Waals surface area (Å²) in [7, 11) is 0. The summed E-state index contributed by atoms with van der Waals surface area (Å²) in [6.07, 6.45) is 7.15. The molecule has 1 unspecified atom stereocenters. The Bertz CT molecular complexity index is 1270. The second-order valence-corrected chi connectivity index (χ2v) is 10.9. The fourth-order valence-corrected chi connectivity index (χ4v) is 4.72. The Labute approximate surface area is 212 Å². The van der Waals surface area contributed by atoms with Crippen LogP contribution in [0.4, 0.5) is 0 Å². The van der Waals surface area contributed by atoms with E-state index in [0.29, 0.717) is 13.0 Å². The third-order valence-corrected chi connectivity index (χ3v) is 6.62. The number of carbonyl (C=O) groups is 1. The van der Waals surface area contributed by atoms with Crippen LogP contribution < -0.4 is 10.6 Å². The van der Waals surface area contributed by atoms with Gasteiger partial charge in [-0.05, 0) is 42.0 Å². The minimum absolute atomic E-state index is 0.0358. The highest BCUT2D eigenvalue weighted by atomic mass is 16.5. The fourth-order valence-electron chi connectivity index (χ4n) is 4.72. The van der Waals surface area contributed by atoms with E-state index in [2.05, 4.69) is 4.99 Å². The second-order valence-electron chi connectivity index (χ2n) is 10.9. The lowest BCUT2D eigenvalue weighted by Gasteiger charge is -2.35. The summed E-state index contributed by atoms with van der Waals surface area (Å²) >= 11 is 0. The number of esters is 1. The van der Waals surface area contributed by atoms with E-state index in [1.165, 1.54) is 0 Å². The van der Waals surface area contributed by atoms with E-state index in [9.17, 15) is 4.79 Å². The Morgan fingerprint density at radius 3 is 2.64 bits per heavy atom. The molecular weight excluding hydrogens is 452 g/mol. The van der Waals surface area contributed by atoms with Crippen LogP contribution in [-0.2, 0) is 16.1 Å². The molecule has 1 saturated carbocycles. The van der Waals surface area contributed by atoms with E-state index >= 15 is 0 Å². The van der Waals surface area contributed by atoms with Gasteiger partial charge in [0.1, 0.15) is 30.4 Å². The minimum atomic E-state index is -0.141. The average Bonchev–Trinajstić information content (AvgIpc) is 3.12. The molecule has 36 heavy (non-hydrogen) atoms. The number of rotatable bonds is 7. The largest absolute Gasteiger partial charge is 0.489 e. The summed E-state index contributed by atoms with van der Waals surface area (Å²) in [6, 6.07) is 17.9. The predicted molar refractivity (Wildman–Crippen MR) is 140 cm³/mol. The molecule has 2 aromatic rings. The summed E-state index contributed by atoms with van der Waals surface area (Å²) in [6.45, 7) is 6.60. The van der Waals surface area contributed by atoms with E-state index in [1.54, 1.807) is 12.4 Å². The summed E-state index contributed by atoms with van der Waals surface area (Å²) in [5.74, 6) is 8.40. The van der Waals surface area contributed by atoms with Gasteiger partial charge in [-0.1, -0.05) is 57.2 Å². The number of nitrogens with zero attached hydrogens (tertiary/aromatic N) is 3. The summed E-state index contributed by atoms with van der Waals surface area (Å²) in [5, 5.41) is 0. The van der Waals surface area contributed by atoms with Gasteiger partial charge in [-0.15, -0.1) is 4.59 Å². The van der Waals surface area contributed by atoms with Crippen LogP contribution in [0.5, 0.6) is 5.75 Å². The van der Waals surface area contributed by atoms with E-state index in [-0.39, 0.29) is 28.0 Å². The number of fused-ring (bicyclic) bond motifs is 1. The van der Waals surface area contributed by atoms with Crippen LogP contribution in [0.1, 0.15) is 51.2 Å². The summed E-state index contributed by atoms with van der Waals surface area (Å²) in [4.78, 5) is 21.6. The van der Waals surface area contributed by atoms with Gasteiger partial charge in [0.25, 0.3) is 5.84 Å². The molecule has 1 fully saturated rings. The number of allylic oxidation sites excluding steroid dienone is 2. The summed E-state index contributed by atoms with van der Waals surface area (Å²) < 4.78 is 11.7. The van der Waals surface area contributed by atoms with E-state index < -0.39 is 0 Å². The van der Waals surface area contributed by atoms with Crippen molar-refractivity contribution in [3.8, 4) is 5.75 Å². The lowest BCUT2D eigenvalue weighted by atomic mass is 9.79. The molecule has 186 valence electrons. The average molecular weight is 486 g/mol. The molecule has 5 rings (SSSR count). The number of hydrogen-bond donors (Lipinski definition) is 1. The first-order valence-corrected chi connectivity index (χ1v) is 12.4. The topological polar surface area (TPSA) is 86.3 Å². The SMILES string of the molecule is CC(C)(C)CC(=O)OC1CC(C2=C3C=NC=C[N+]3(N)C(c3cccc(OCc4ccccc4)c3)=N2)C1. The van der Waals surface area contributed by atoms with Crippen molar-refractivity contribution in [1.29, 1.82) is 0 Å². The molecule has 7 nitrogen and oxygen atoms in total. The number of benzene rings is 2. The van der Waals surface area contributed by atoms with Crippen LogP contribution in [-0.4, -0.2) is 28.7 Å². The van der Waals surface area contributed by atoms with Crippen molar-refractivity contribution in [2.24, 2.45) is 27.2 Å². The van der Waals surface area contributed by atoms with Crippen molar-refractivity contribution < 1.29 is 18.9 Å². The Morgan fingerprint density at radius 2 is 1.89 bits per heavy atom. The molecule has 0 radical (unpaired) electrons. The monoisotopic (exact) mass is 485 g/mol. The van der Waals surface area contributed by atoms with E-state index in [4.69, 9.17) is 20.3 Å². The Morgan fingerprint density at radius 1 is 1.11 bits per heavy atom. The normalized spacial score (nSPS) is 24.7. The molecule has 2 N–H and O–H groups in total. The number of aliphatic imine (C=N–C) groups is 2. The van der Waals surface area contributed by atoms with Crippen LogP contribution >= 0.6 is 0 Å². The lowest BCUT2D eigenvalue weighted by Crippen LogP contribution is -2.53. The molecular formula is C29H33N4O3+. The van der Waals surface area contributed by atoms with E-state index in [0.717, 1.165) is 46.9 Å². The van der Waals surface area contributed by atoms with Gasteiger partial charge in [-0.2, -0.15) is 10.8 Å². The first kappa shape index (κ1) is 24.2. The Hall–Kier alpha value is -3.55. The number of nitrogens with two attached hydrogens (primary N) is 1. The highest BCUT2D eigenvalue weighted by molar-refractivity contribution is 6.00. The van der Waals surface area contributed by atoms with Crippen LogP contribution in [0.15, 0.2) is 88.4 Å². The second kappa shape index (κ2) is 9.48. The zero-order valence-corrected chi connectivity index (χ0v) is 21.1. The maximum absolute atomic E-state index is 12.3. The van der Waals surface area contributed by atoms with Crippen molar-refractivity contribution in [3.05, 3.63) is 89.5 Å². The number of amidine groups is 1. The van der Waals surface area contributed by atoms with Crippen LogP contribution in [0, 0.1) is 11.3 Å². The van der Waals surface area contributed by atoms with Crippen molar-refractivity contribution in [1.82, 2.24) is 0 Å². The number of carbonyl (C=O) groups excluding carboxylic acids is 1. The van der Waals surface area contributed by atoms with Gasteiger partial charge < -0.3 is 9.47 Å². The van der Waals surface area contributed by atoms with Gasteiger partial charge >= 0.3 is 5.97 Å². The van der Waals surface area contributed by atoms with Gasteiger partial charge in [-0.25, -0.2) is 0 Å². The minimum Gasteiger partial charge on any atom is -0.489 e. The smallest absolute Gasteiger partial charge is 0.306 e. The zero-order valence-electron chi connectivity index (χ0n) is 21.1. The van der Waals surface area contributed by atoms with E-state index in [1.807, 2.05) is 81.6 Å². The zero-order chi connectivity index (χ0) is 25.3. The molecule has 7 heteroatoms. The maximum Gasteiger partial charge on any atom is 0.306 e. The lowest BCUT2D eigenvalue weighted by molar-refractivity contribution is -0.750. The molecule has 0 aromatic heterocycles. The third-order valence-electron chi connectivity index (χ3n) is 6.62. The quantitative estimate of drug-likeness (QED) is 0.330.